The van der Waals surface area contributed by atoms with Gasteiger partial charge in [0, 0.05) is 52.4 Å². The second-order valence-electron chi connectivity index (χ2n) is 7.98. The molecule has 1 unspecified atom stereocenters. The summed E-state index contributed by atoms with van der Waals surface area (Å²) in [6.45, 7) is 6.83. The van der Waals surface area contributed by atoms with E-state index in [0.717, 1.165) is 23.3 Å². The molecule has 2 aromatic rings. The van der Waals surface area contributed by atoms with Crippen LogP contribution in [-0.2, 0) is 11.8 Å². The van der Waals surface area contributed by atoms with Crippen LogP contribution in [0.1, 0.15) is 60.2 Å². The van der Waals surface area contributed by atoms with Crippen LogP contribution >= 0.6 is 11.3 Å². The summed E-state index contributed by atoms with van der Waals surface area (Å²) in [7, 11) is 1.78. The lowest BCUT2D eigenvalue weighted by atomic mass is 9.96. The van der Waals surface area contributed by atoms with Gasteiger partial charge < -0.3 is 9.88 Å². The third kappa shape index (κ3) is 3.46. The molecule has 1 atom stereocenters. The monoisotopic (exact) mass is 397 g/mol. The minimum absolute atomic E-state index is 0.0215. The molecule has 4 rings (SSSR count). The Morgan fingerprint density at radius 2 is 2.11 bits per heavy atom. The Morgan fingerprint density at radius 1 is 1.36 bits per heavy atom. The number of aromatic nitrogens is 1. The molecule has 6 heteroatoms. The van der Waals surface area contributed by atoms with E-state index in [2.05, 4.69) is 19.2 Å². The maximum absolute atomic E-state index is 12.4. The van der Waals surface area contributed by atoms with Gasteiger partial charge in [0.1, 0.15) is 0 Å². The number of fused-ring (bicyclic) bond motifs is 3. The van der Waals surface area contributed by atoms with Crippen molar-refractivity contribution in [1.82, 2.24) is 9.88 Å². The predicted octanol–water partition coefficient (Wildman–Crippen LogP) is 3.90. The third-order valence-electron chi connectivity index (χ3n) is 5.78. The second-order valence-corrected chi connectivity index (χ2v) is 9.20. The molecule has 3 heterocycles. The van der Waals surface area contributed by atoms with Gasteiger partial charge in [-0.15, -0.1) is 11.3 Å². The number of aryl methyl sites for hydroxylation is 2. The van der Waals surface area contributed by atoms with Crippen molar-refractivity contribution in [2.75, 3.05) is 6.54 Å². The summed E-state index contributed by atoms with van der Waals surface area (Å²) in [5, 5.41) is 2.88. The van der Waals surface area contributed by atoms with Gasteiger partial charge in [0.15, 0.2) is 0 Å². The van der Waals surface area contributed by atoms with Gasteiger partial charge >= 0.3 is 0 Å². The molecule has 0 spiro atoms. The summed E-state index contributed by atoms with van der Waals surface area (Å²) in [6, 6.07) is 1.36. The Balaban J connectivity index is 1.92. The molecule has 2 aromatic heterocycles. The number of nitrogens with zero attached hydrogens (tertiary/aromatic N) is 2. The quantitative estimate of drug-likeness (QED) is 0.832. The molecule has 0 bridgehead atoms. The van der Waals surface area contributed by atoms with Gasteiger partial charge in [-0.2, -0.15) is 0 Å². The predicted molar refractivity (Wildman–Crippen MR) is 114 cm³/mol. The molecule has 2 aliphatic rings. The van der Waals surface area contributed by atoms with Crippen molar-refractivity contribution < 1.29 is 4.79 Å². The molecule has 0 saturated heterocycles. The van der Waals surface area contributed by atoms with Gasteiger partial charge in [-0.1, -0.05) is 0 Å². The number of hydrogen-bond donors (Lipinski definition) is 1. The van der Waals surface area contributed by atoms with Crippen molar-refractivity contribution in [3.63, 3.8) is 0 Å². The van der Waals surface area contributed by atoms with E-state index < -0.39 is 0 Å². The number of nitrogens with one attached hydrogen (secondary N) is 1. The highest BCUT2D eigenvalue weighted by Crippen LogP contribution is 2.45. The van der Waals surface area contributed by atoms with Crippen molar-refractivity contribution in [1.29, 1.82) is 0 Å². The van der Waals surface area contributed by atoms with Crippen LogP contribution < -0.4 is 10.9 Å². The zero-order chi connectivity index (χ0) is 20.0. The van der Waals surface area contributed by atoms with Crippen LogP contribution in [0.4, 0.5) is 0 Å². The first-order valence-corrected chi connectivity index (χ1v) is 10.8. The smallest absolute Gasteiger partial charge is 0.250 e. The van der Waals surface area contributed by atoms with E-state index in [1.165, 1.54) is 33.7 Å². The van der Waals surface area contributed by atoms with Crippen LogP contribution in [0.5, 0.6) is 0 Å². The maximum Gasteiger partial charge on any atom is 0.250 e. The molecule has 1 saturated carbocycles. The van der Waals surface area contributed by atoms with Crippen LogP contribution in [-0.4, -0.2) is 22.7 Å². The second kappa shape index (κ2) is 7.32. The number of thiophene rings is 1. The SMILES string of the molecule is CCNC(=O)CC1N=C(CC2CC2)c2c(sc(C)c2C)-c2cn(C)c(=O)cc21. The Bertz CT molecular complexity index is 1030. The zero-order valence-electron chi connectivity index (χ0n) is 17.0. The minimum Gasteiger partial charge on any atom is -0.356 e. The van der Waals surface area contributed by atoms with E-state index >= 15 is 0 Å². The number of carbonyl (C=O) groups excluding carboxylic acids is 1. The van der Waals surface area contributed by atoms with E-state index in [1.807, 2.05) is 13.1 Å². The van der Waals surface area contributed by atoms with Crippen LogP contribution in [0.3, 0.4) is 0 Å². The number of carbonyl (C=O) groups is 1. The number of hydrogen-bond acceptors (Lipinski definition) is 4. The first-order chi connectivity index (χ1) is 13.4. The molecule has 1 aliphatic carbocycles. The van der Waals surface area contributed by atoms with Gasteiger partial charge in [0.2, 0.25) is 5.91 Å². The minimum atomic E-state index is -0.316. The molecular weight excluding hydrogens is 370 g/mol. The summed E-state index contributed by atoms with van der Waals surface area (Å²) in [4.78, 5) is 32.4. The topological polar surface area (TPSA) is 63.5 Å². The van der Waals surface area contributed by atoms with E-state index in [4.69, 9.17) is 4.99 Å². The average molecular weight is 398 g/mol. The van der Waals surface area contributed by atoms with Gasteiger partial charge in [-0.05, 0) is 57.1 Å². The summed E-state index contributed by atoms with van der Waals surface area (Å²) >= 11 is 1.77. The van der Waals surface area contributed by atoms with Crippen molar-refractivity contribution in [3.8, 4) is 10.4 Å². The van der Waals surface area contributed by atoms with Crippen LogP contribution in [0.25, 0.3) is 10.4 Å². The lowest BCUT2D eigenvalue weighted by Gasteiger charge is -2.16. The molecular formula is C22H27N3O2S. The first kappa shape index (κ1) is 19.1. The Kier molecular flexibility index (Phi) is 5.00. The fraction of sp³-hybridized carbons (Fsp3) is 0.500. The van der Waals surface area contributed by atoms with Gasteiger partial charge in [0.05, 0.1) is 12.5 Å². The van der Waals surface area contributed by atoms with Gasteiger partial charge in [-0.25, -0.2) is 0 Å². The summed E-state index contributed by atoms with van der Waals surface area (Å²) in [5.74, 6) is 0.676. The first-order valence-electron chi connectivity index (χ1n) is 10.0. The average Bonchev–Trinajstić information content (AvgIpc) is 3.41. The van der Waals surface area contributed by atoms with Gasteiger partial charge in [0.25, 0.3) is 5.56 Å². The normalized spacial score (nSPS) is 18.1. The van der Waals surface area contributed by atoms with Crippen LogP contribution in [0.15, 0.2) is 22.1 Å². The standard InChI is InChI=1S/C22H27N3O2S/c1-5-23-19(26)10-17-15-9-20(27)25(4)11-16(15)22-21(12(2)13(3)28-22)18(24-17)8-14-6-7-14/h9,11,14,17H,5-8,10H2,1-4H3,(H,23,26). The highest BCUT2D eigenvalue weighted by molar-refractivity contribution is 7.16. The molecule has 1 aliphatic heterocycles. The van der Waals surface area contributed by atoms with E-state index in [9.17, 15) is 9.59 Å². The Morgan fingerprint density at radius 3 is 2.79 bits per heavy atom. The highest BCUT2D eigenvalue weighted by Gasteiger charge is 2.32. The molecule has 0 radical (unpaired) electrons. The molecule has 5 nitrogen and oxygen atoms in total. The van der Waals surface area contributed by atoms with E-state index in [1.54, 1.807) is 29.0 Å². The van der Waals surface area contributed by atoms with Crippen LogP contribution in [0, 0.1) is 19.8 Å². The molecule has 1 fully saturated rings. The summed E-state index contributed by atoms with van der Waals surface area (Å²) < 4.78 is 1.63. The van der Waals surface area contributed by atoms with Crippen molar-refractivity contribution >= 4 is 23.0 Å². The highest BCUT2D eigenvalue weighted by atomic mass is 32.1. The summed E-state index contributed by atoms with van der Waals surface area (Å²) in [6.07, 6.45) is 5.66. The zero-order valence-corrected chi connectivity index (χ0v) is 17.8. The third-order valence-corrected chi connectivity index (χ3v) is 7.02. The van der Waals surface area contributed by atoms with Gasteiger partial charge in [-0.3, -0.25) is 14.6 Å². The Labute approximate surface area is 169 Å². The number of aliphatic imine (C=N–C) groups is 1. The Hall–Kier alpha value is -2.21. The lowest BCUT2D eigenvalue weighted by molar-refractivity contribution is -0.121. The fourth-order valence-electron chi connectivity index (χ4n) is 3.95. The van der Waals surface area contributed by atoms with Crippen molar-refractivity contribution in [2.24, 2.45) is 18.0 Å². The number of rotatable bonds is 5. The van der Waals surface area contributed by atoms with Crippen molar-refractivity contribution in [2.45, 2.75) is 52.5 Å². The fourth-order valence-corrected chi connectivity index (χ4v) is 5.16. The van der Waals surface area contributed by atoms with E-state index in [0.29, 0.717) is 12.5 Å². The molecule has 0 aromatic carbocycles. The van der Waals surface area contributed by atoms with Crippen molar-refractivity contribution in [3.05, 3.63) is 44.2 Å². The van der Waals surface area contributed by atoms with E-state index in [-0.39, 0.29) is 23.9 Å². The van der Waals surface area contributed by atoms with Crippen LogP contribution in [0.2, 0.25) is 0 Å². The summed E-state index contributed by atoms with van der Waals surface area (Å²) in [5.41, 5.74) is 5.47. The molecule has 1 amide bonds. The molecule has 148 valence electrons. The number of amides is 1. The lowest BCUT2D eigenvalue weighted by Crippen LogP contribution is -2.25. The largest absolute Gasteiger partial charge is 0.356 e. The molecule has 28 heavy (non-hydrogen) atoms. The molecule has 1 N–H and O–H groups in total. The maximum atomic E-state index is 12.4. The number of pyridine rings is 1.